The van der Waals surface area contributed by atoms with E-state index in [1.807, 2.05) is 0 Å². The molecule has 0 aromatic rings. The van der Waals surface area contributed by atoms with Gasteiger partial charge in [-0.15, -0.1) is 0 Å². The fourth-order valence-corrected chi connectivity index (χ4v) is 1.61. The molecule has 0 saturated heterocycles. The van der Waals surface area contributed by atoms with E-state index >= 15 is 0 Å². The number of hydrogen-bond acceptors (Lipinski definition) is 2. The van der Waals surface area contributed by atoms with E-state index in [1.165, 1.54) is 31.8 Å². The van der Waals surface area contributed by atoms with Gasteiger partial charge in [-0.2, -0.15) is 8.42 Å². The van der Waals surface area contributed by atoms with Gasteiger partial charge in [0.1, 0.15) is 0 Å². The zero-order chi connectivity index (χ0) is 10.9. The summed E-state index contributed by atoms with van der Waals surface area (Å²) in [5, 5.41) is 0.860. The topological polar surface area (TPSA) is 54.4 Å². The maximum absolute atomic E-state index is 10.3. The summed E-state index contributed by atoms with van der Waals surface area (Å²) in [5.74, 6) is 0. The minimum atomic E-state index is -3.91. The molecular weight excluding hydrogens is 246 g/mol. The second kappa shape index (κ2) is 14.7. The van der Waals surface area contributed by atoms with Crippen LogP contribution < -0.4 is 59.1 Å². The molecule has 0 aromatic heterocycles. The van der Waals surface area contributed by atoms with Crippen molar-refractivity contribution in [2.24, 2.45) is 0 Å². The van der Waals surface area contributed by atoms with E-state index < -0.39 is 10.1 Å². The Labute approximate surface area is 147 Å². The predicted molar refractivity (Wildman–Crippen MR) is 60.9 cm³/mol. The SMILES string of the molecule is CCCCCCCCC=CS(=O)(=O)O.[H-].[H-].[Na+].[Na+]. The molecule has 0 saturated carbocycles. The maximum atomic E-state index is 10.3. The number of allylic oxidation sites excluding steroid dienone is 1. The first-order valence-electron chi connectivity index (χ1n) is 5.20. The smallest absolute Gasteiger partial charge is 1.00 e. The Bertz CT molecular complexity index is 260. The van der Waals surface area contributed by atoms with Crippen molar-refractivity contribution >= 4 is 10.1 Å². The van der Waals surface area contributed by atoms with Crippen LogP contribution in [-0.2, 0) is 10.1 Å². The van der Waals surface area contributed by atoms with E-state index in [4.69, 9.17) is 4.55 Å². The van der Waals surface area contributed by atoms with Crippen molar-refractivity contribution in [2.45, 2.75) is 51.9 Å². The molecular formula is C10H22Na2O3S. The summed E-state index contributed by atoms with van der Waals surface area (Å²) in [7, 11) is -3.91. The van der Waals surface area contributed by atoms with Crippen molar-refractivity contribution < 1.29 is 74.9 Å². The second-order valence-electron chi connectivity index (χ2n) is 3.44. The Morgan fingerprint density at radius 3 is 2.06 bits per heavy atom. The Morgan fingerprint density at radius 2 is 1.56 bits per heavy atom. The Hall–Kier alpha value is 1.65. The third kappa shape index (κ3) is 21.0. The molecule has 0 amide bonds. The summed E-state index contributed by atoms with van der Waals surface area (Å²) in [4.78, 5) is 0. The van der Waals surface area contributed by atoms with E-state index in [2.05, 4.69) is 6.92 Å². The molecule has 0 aromatic carbocycles. The first-order valence-corrected chi connectivity index (χ1v) is 6.70. The summed E-state index contributed by atoms with van der Waals surface area (Å²) < 4.78 is 28.9. The van der Waals surface area contributed by atoms with Gasteiger partial charge in [0.15, 0.2) is 0 Å². The molecule has 0 fully saturated rings. The monoisotopic (exact) mass is 268 g/mol. The van der Waals surface area contributed by atoms with Crippen LogP contribution in [0.15, 0.2) is 11.5 Å². The van der Waals surface area contributed by atoms with Gasteiger partial charge in [0.2, 0.25) is 0 Å². The van der Waals surface area contributed by atoms with Gasteiger partial charge in [-0.1, -0.05) is 45.1 Å². The Balaban J connectivity index is -0.000000141. The molecule has 3 nitrogen and oxygen atoms in total. The van der Waals surface area contributed by atoms with Crippen LogP contribution in [0, 0.1) is 0 Å². The normalized spacial score (nSPS) is 10.9. The molecule has 0 unspecified atom stereocenters. The molecule has 6 heteroatoms. The van der Waals surface area contributed by atoms with Gasteiger partial charge in [-0.3, -0.25) is 4.55 Å². The molecule has 0 radical (unpaired) electrons. The van der Waals surface area contributed by atoms with Crippen molar-refractivity contribution in [3.63, 3.8) is 0 Å². The van der Waals surface area contributed by atoms with Crippen LogP contribution in [0.5, 0.6) is 0 Å². The van der Waals surface area contributed by atoms with E-state index in [-0.39, 0.29) is 62.0 Å². The minimum Gasteiger partial charge on any atom is -1.00 e. The van der Waals surface area contributed by atoms with Crippen molar-refractivity contribution in [1.82, 2.24) is 0 Å². The summed E-state index contributed by atoms with van der Waals surface area (Å²) >= 11 is 0. The third-order valence-electron chi connectivity index (χ3n) is 1.99. The molecule has 0 spiro atoms. The molecule has 0 heterocycles. The van der Waals surface area contributed by atoms with Crippen molar-refractivity contribution in [3.8, 4) is 0 Å². The summed E-state index contributed by atoms with van der Waals surface area (Å²) in [6.07, 6.45) is 9.36. The van der Waals surface area contributed by atoms with Crippen LogP contribution in [0.4, 0.5) is 0 Å². The second-order valence-corrected chi connectivity index (χ2v) is 4.75. The van der Waals surface area contributed by atoms with E-state index in [1.54, 1.807) is 0 Å². The fraction of sp³-hybridized carbons (Fsp3) is 0.800. The molecule has 0 atom stereocenters. The zero-order valence-electron chi connectivity index (χ0n) is 12.8. The van der Waals surface area contributed by atoms with Crippen LogP contribution in [0.2, 0.25) is 0 Å². The van der Waals surface area contributed by atoms with Crippen molar-refractivity contribution in [2.75, 3.05) is 0 Å². The zero-order valence-corrected chi connectivity index (χ0v) is 15.6. The molecule has 0 aliphatic rings. The number of unbranched alkanes of at least 4 members (excludes halogenated alkanes) is 6. The van der Waals surface area contributed by atoms with Gasteiger partial charge in [0.05, 0.1) is 5.41 Å². The van der Waals surface area contributed by atoms with Gasteiger partial charge in [-0.25, -0.2) is 0 Å². The van der Waals surface area contributed by atoms with Crippen LogP contribution in [0.3, 0.4) is 0 Å². The van der Waals surface area contributed by atoms with Gasteiger partial charge in [-0.05, 0) is 12.8 Å². The minimum absolute atomic E-state index is 0. The summed E-state index contributed by atoms with van der Waals surface area (Å²) in [6.45, 7) is 2.18. The maximum Gasteiger partial charge on any atom is 1.00 e. The van der Waals surface area contributed by atoms with Gasteiger partial charge in [0.25, 0.3) is 10.1 Å². The molecule has 0 aliphatic carbocycles. The summed E-state index contributed by atoms with van der Waals surface area (Å²) in [5.41, 5.74) is 0. The molecule has 1 N–H and O–H groups in total. The molecule has 88 valence electrons. The molecule has 16 heavy (non-hydrogen) atoms. The first-order chi connectivity index (χ1) is 6.56. The fourth-order valence-electron chi connectivity index (χ4n) is 1.23. The van der Waals surface area contributed by atoms with Gasteiger partial charge >= 0.3 is 59.1 Å². The van der Waals surface area contributed by atoms with Crippen molar-refractivity contribution in [3.05, 3.63) is 11.5 Å². The first kappa shape index (κ1) is 22.8. The Kier molecular flexibility index (Phi) is 21.0. The average molecular weight is 268 g/mol. The van der Waals surface area contributed by atoms with Crippen LogP contribution in [0.25, 0.3) is 0 Å². The predicted octanol–water partition coefficient (Wildman–Crippen LogP) is -2.63. The number of rotatable bonds is 8. The van der Waals surface area contributed by atoms with Crippen LogP contribution in [0.1, 0.15) is 54.7 Å². The Morgan fingerprint density at radius 1 is 1.06 bits per heavy atom. The quantitative estimate of drug-likeness (QED) is 0.298. The largest absolute Gasteiger partial charge is 1.00 e. The van der Waals surface area contributed by atoms with Crippen LogP contribution in [-0.4, -0.2) is 13.0 Å². The third-order valence-corrected chi connectivity index (χ3v) is 2.53. The van der Waals surface area contributed by atoms with Crippen molar-refractivity contribution in [1.29, 1.82) is 0 Å². The van der Waals surface area contributed by atoms with Gasteiger partial charge < -0.3 is 2.85 Å². The van der Waals surface area contributed by atoms with E-state index in [0.717, 1.165) is 24.7 Å². The molecule has 0 rings (SSSR count). The van der Waals surface area contributed by atoms with E-state index in [9.17, 15) is 8.42 Å². The van der Waals surface area contributed by atoms with E-state index in [0.29, 0.717) is 0 Å². The molecule has 0 bridgehead atoms. The van der Waals surface area contributed by atoms with Crippen LogP contribution >= 0.6 is 0 Å². The van der Waals surface area contributed by atoms with Gasteiger partial charge in [0, 0.05) is 0 Å². The molecule has 0 aliphatic heterocycles. The summed E-state index contributed by atoms with van der Waals surface area (Å²) in [6, 6.07) is 0. The average Bonchev–Trinajstić information content (AvgIpc) is 2.08. The standard InChI is InChI=1S/C10H20O3S.2Na.2H/c1-2-3-4-5-6-7-8-9-10-14(11,12)13;;;;/h9-10H,2-8H2,1H3,(H,11,12,13);;;;/q;2*+1;2*-1. The number of hydrogen-bond donors (Lipinski definition) is 1.